The fraction of sp³-hybridized carbons (Fsp3) is 0.476. The SMILES string of the molecule is CC(C)c1nn(CC(=O)N[C@H]2C[C@](C)(O)C2)c(=O)cc1-c1cccc(C(F)(F)F)c1. The fourth-order valence-electron chi connectivity index (χ4n) is 3.65. The number of carbonyl (C=O) groups is 1. The summed E-state index contributed by atoms with van der Waals surface area (Å²) >= 11 is 0. The van der Waals surface area contributed by atoms with Crippen LogP contribution in [-0.2, 0) is 17.5 Å². The Balaban J connectivity index is 1.88. The van der Waals surface area contributed by atoms with Crippen LogP contribution in [0.25, 0.3) is 11.1 Å². The van der Waals surface area contributed by atoms with Gasteiger partial charge < -0.3 is 10.4 Å². The van der Waals surface area contributed by atoms with Gasteiger partial charge in [-0.2, -0.15) is 18.3 Å². The fourth-order valence-corrected chi connectivity index (χ4v) is 3.65. The minimum Gasteiger partial charge on any atom is -0.390 e. The standard InChI is InChI=1S/C21H24F3N3O3/c1-12(2)19-16(13-5-4-6-14(7-13)21(22,23)24)8-18(29)27(26-19)11-17(28)25-15-9-20(3,30)10-15/h4-8,12,15,30H,9-11H2,1-3H3,(H,25,28)/t15-,20-. The maximum Gasteiger partial charge on any atom is 0.416 e. The van der Waals surface area contributed by atoms with Crippen LogP contribution in [0, 0.1) is 0 Å². The molecule has 0 saturated heterocycles. The summed E-state index contributed by atoms with van der Waals surface area (Å²) in [5.41, 5.74) is -1.20. The molecular formula is C21H24F3N3O3. The Bertz CT molecular complexity index is 1000. The monoisotopic (exact) mass is 423 g/mol. The van der Waals surface area contributed by atoms with Crippen molar-refractivity contribution < 1.29 is 23.1 Å². The largest absolute Gasteiger partial charge is 0.416 e. The minimum atomic E-state index is -4.50. The van der Waals surface area contributed by atoms with Crippen molar-refractivity contribution in [1.29, 1.82) is 0 Å². The second-order valence-electron chi connectivity index (χ2n) is 8.34. The van der Waals surface area contributed by atoms with Gasteiger partial charge in [0.2, 0.25) is 5.91 Å². The molecule has 2 N–H and O–H groups in total. The quantitative estimate of drug-likeness (QED) is 0.774. The van der Waals surface area contributed by atoms with Crippen LogP contribution in [0.2, 0.25) is 0 Å². The van der Waals surface area contributed by atoms with Crippen molar-refractivity contribution in [3.05, 3.63) is 51.9 Å². The number of benzene rings is 1. The lowest BCUT2D eigenvalue weighted by Gasteiger charge is -2.41. The van der Waals surface area contributed by atoms with Gasteiger partial charge in [-0.1, -0.05) is 26.0 Å². The molecule has 162 valence electrons. The van der Waals surface area contributed by atoms with E-state index in [-0.39, 0.29) is 24.1 Å². The van der Waals surface area contributed by atoms with Gasteiger partial charge in [0, 0.05) is 17.7 Å². The predicted molar refractivity (Wildman–Crippen MR) is 105 cm³/mol. The highest BCUT2D eigenvalue weighted by Gasteiger charge is 2.39. The van der Waals surface area contributed by atoms with Crippen LogP contribution in [0.15, 0.2) is 35.1 Å². The number of hydrogen-bond donors (Lipinski definition) is 2. The van der Waals surface area contributed by atoms with Gasteiger partial charge in [0.1, 0.15) is 6.54 Å². The molecule has 1 heterocycles. The summed E-state index contributed by atoms with van der Waals surface area (Å²) in [6.45, 7) is 5.00. The number of aromatic nitrogens is 2. The van der Waals surface area contributed by atoms with E-state index < -0.39 is 28.8 Å². The van der Waals surface area contributed by atoms with E-state index in [0.29, 0.717) is 24.1 Å². The molecule has 6 nitrogen and oxygen atoms in total. The van der Waals surface area contributed by atoms with Gasteiger partial charge in [0.15, 0.2) is 0 Å². The maximum atomic E-state index is 13.1. The van der Waals surface area contributed by atoms with E-state index in [4.69, 9.17) is 0 Å². The molecule has 3 rings (SSSR count). The molecule has 9 heteroatoms. The molecule has 0 radical (unpaired) electrons. The second-order valence-corrected chi connectivity index (χ2v) is 8.34. The molecule has 0 spiro atoms. The number of nitrogens with zero attached hydrogens (tertiary/aromatic N) is 2. The first kappa shape index (κ1) is 22.0. The van der Waals surface area contributed by atoms with Gasteiger partial charge in [-0.3, -0.25) is 9.59 Å². The lowest BCUT2D eigenvalue weighted by Crippen LogP contribution is -2.54. The number of hydrogen-bond acceptors (Lipinski definition) is 4. The van der Waals surface area contributed by atoms with Gasteiger partial charge in [-0.25, -0.2) is 4.68 Å². The van der Waals surface area contributed by atoms with Crippen molar-refractivity contribution in [2.75, 3.05) is 0 Å². The Labute approximate surface area is 171 Å². The zero-order chi connectivity index (χ0) is 22.3. The van der Waals surface area contributed by atoms with Crippen LogP contribution in [0.3, 0.4) is 0 Å². The molecule has 1 amide bonds. The van der Waals surface area contributed by atoms with Crippen LogP contribution in [0.5, 0.6) is 0 Å². The third-order valence-corrected chi connectivity index (χ3v) is 5.11. The number of carbonyl (C=O) groups excluding carboxylic acids is 1. The Hall–Kier alpha value is -2.68. The van der Waals surface area contributed by atoms with Crippen LogP contribution in [-0.4, -0.2) is 32.4 Å². The molecule has 1 aliphatic rings. The zero-order valence-corrected chi connectivity index (χ0v) is 17.0. The lowest BCUT2D eigenvalue weighted by atomic mass is 9.77. The highest BCUT2D eigenvalue weighted by atomic mass is 19.4. The zero-order valence-electron chi connectivity index (χ0n) is 17.0. The van der Waals surface area contributed by atoms with E-state index in [1.807, 2.05) is 13.8 Å². The first-order valence-corrected chi connectivity index (χ1v) is 9.67. The number of halogens is 3. The number of alkyl halides is 3. The van der Waals surface area contributed by atoms with Crippen molar-refractivity contribution in [3.8, 4) is 11.1 Å². The number of rotatable bonds is 5. The Kier molecular flexibility index (Phi) is 5.77. The van der Waals surface area contributed by atoms with Gasteiger partial charge in [-0.05, 0) is 43.4 Å². The molecular weight excluding hydrogens is 399 g/mol. The van der Waals surface area contributed by atoms with E-state index in [1.54, 1.807) is 6.92 Å². The Morgan fingerprint density at radius 3 is 2.57 bits per heavy atom. The molecule has 0 atom stereocenters. The van der Waals surface area contributed by atoms with E-state index in [0.717, 1.165) is 16.8 Å². The number of amides is 1. The van der Waals surface area contributed by atoms with Crippen molar-refractivity contribution >= 4 is 5.91 Å². The van der Waals surface area contributed by atoms with Crippen molar-refractivity contribution in [3.63, 3.8) is 0 Å². The summed E-state index contributed by atoms with van der Waals surface area (Å²) in [4.78, 5) is 24.8. The van der Waals surface area contributed by atoms with E-state index >= 15 is 0 Å². The summed E-state index contributed by atoms with van der Waals surface area (Å²) in [6.07, 6.45) is -3.62. The first-order chi connectivity index (χ1) is 13.9. The maximum absolute atomic E-state index is 13.1. The molecule has 0 aliphatic heterocycles. The molecule has 0 unspecified atom stereocenters. The third kappa shape index (κ3) is 4.89. The molecule has 1 aliphatic carbocycles. The van der Waals surface area contributed by atoms with E-state index in [2.05, 4.69) is 10.4 Å². The highest BCUT2D eigenvalue weighted by Crippen LogP contribution is 2.34. The first-order valence-electron chi connectivity index (χ1n) is 9.67. The van der Waals surface area contributed by atoms with E-state index in [1.165, 1.54) is 18.2 Å². The molecule has 1 fully saturated rings. The smallest absolute Gasteiger partial charge is 0.390 e. The van der Waals surface area contributed by atoms with Crippen LogP contribution in [0.4, 0.5) is 13.2 Å². The van der Waals surface area contributed by atoms with Crippen molar-refractivity contribution in [2.24, 2.45) is 0 Å². The van der Waals surface area contributed by atoms with Gasteiger partial charge in [-0.15, -0.1) is 0 Å². The average molecular weight is 423 g/mol. The van der Waals surface area contributed by atoms with Crippen LogP contribution >= 0.6 is 0 Å². The van der Waals surface area contributed by atoms with Gasteiger partial charge in [0.25, 0.3) is 5.56 Å². The number of aliphatic hydroxyl groups is 1. The Morgan fingerprint density at radius 1 is 1.33 bits per heavy atom. The molecule has 0 bridgehead atoms. The van der Waals surface area contributed by atoms with Crippen LogP contribution < -0.4 is 10.9 Å². The normalized spacial score (nSPS) is 21.4. The van der Waals surface area contributed by atoms with Crippen molar-refractivity contribution in [2.45, 2.75) is 63.9 Å². The topological polar surface area (TPSA) is 84.2 Å². The molecule has 2 aromatic rings. The second kappa shape index (κ2) is 7.86. The summed E-state index contributed by atoms with van der Waals surface area (Å²) < 4.78 is 40.2. The lowest BCUT2D eigenvalue weighted by molar-refractivity contribution is -0.137. The predicted octanol–water partition coefficient (Wildman–Crippen LogP) is 3.08. The Morgan fingerprint density at radius 2 is 2.00 bits per heavy atom. The minimum absolute atomic E-state index is 0.155. The summed E-state index contributed by atoms with van der Waals surface area (Å²) in [7, 11) is 0. The average Bonchev–Trinajstić information content (AvgIpc) is 2.60. The summed E-state index contributed by atoms with van der Waals surface area (Å²) in [6, 6.07) is 5.81. The van der Waals surface area contributed by atoms with Crippen LogP contribution in [0.1, 0.15) is 50.8 Å². The highest BCUT2D eigenvalue weighted by molar-refractivity contribution is 5.76. The molecule has 30 heavy (non-hydrogen) atoms. The van der Waals surface area contributed by atoms with E-state index in [9.17, 15) is 27.9 Å². The summed E-state index contributed by atoms with van der Waals surface area (Å²) in [5, 5.41) is 16.8. The molecule has 1 saturated carbocycles. The summed E-state index contributed by atoms with van der Waals surface area (Å²) in [5.74, 6) is -0.599. The van der Waals surface area contributed by atoms with Gasteiger partial charge in [0.05, 0.1) is 16.9 Å². The third-order valence-electron chi connectivity index (χ3n) is 5.11. The van der Waals surface area contributed by atoms with Gasteiger partial charge >= 0.3 is 6.18 Å². The molecule has 1 aromatic heterocycles. The van der Waals surface area contributed by atoms with Crippen molar-refractivity contribution in [1.82, 2.24) is 15.1 Å². The number of nitrogens with one attached hydrogen (secondary N) is 1. The molecule has 1 aromatic carbocycles.